The molecular formula is C8H20N2O. The second kappa shape index (κ2) is 6.58. The Bertz CT molecular complexity index is 82.2. The number of hydrogen-bond acceptors (Lipinski definition) is 3. The number of unbranched alkanes of at least 4 members (excludes halogenated alkanes) is 1. The summed E-state index contributed by atoms with van der Waals surface area (Å²) in [6.07, 6.45) is 4.30. The van der Waals surface area contributed by atoms with Gasteiger partial charge in [0, 0.05) is 13.1 Å². The van der Waals surface area contributed by atoms with Crippen LogP contribution in [0.25, 0.3) is 0 Å². The van der Waals surface area contributed by atoms with Gasteiger partial charge in [-0.05, 0) is 6.42 Å². The van der Waals surface area contributed by atoms with Crippen molar-refractivity contribution in [1.29, 1.82) is 0 Å². The molecule has 1 rings (SSSR count). The average Bonchev–Trinajstić information content (AvgIpc) is 2.03. The number of rotatable bonds is 3. The molecule has 3 heteroatoms. The monoisotopic (exact) mass is 160 g/mol. The number of hydrogen-bond donors (Lipinski definition) is 2. The molecule has 0 amide bonds. The molecule has 1 atom stereocenters. The van der Waals surface area contributed by atoms with Crippen LogP contribution in [0.5, 0.6) is 0 Å². The van der Waals surface area contributed by atoms with Gasteiger partial charge in [0.1, 0.15) is 0 Å². The topological polar surface area (TPSA) is 56.3 Å². The third-order valence-electron chi connectivity index (χ3n) is 1.88. The molecule has 11 heavy (non-hydrogen) atoms. The molecule has 0 saturated carbocycles. The van der Waals surface area contributed by atoms with Crippen LogP contribution in [0.15, 0.2) is 0 Å². The fourth-order valence-corrected chi connectivity index (χ4v) is 1.24. The van der Waals surface area contributed by atoms with Crippen LogP contribution in [-0.2, 0) is 4.74 Å². The largest absolute Gasteiger partial charge is 0.376 e. The van der Waals surface area contributed by atoms with E-state index >= 15 is 0 Å². The smallest absolute Gasteiger partial charge is 0.0700 e. The first-order chi connectivity index (χ1) is 4.93. The lowest BCUT2D eigenvalue weighted by atomic mass is 10.1. The van der Waals surface area contributed by atoms with E-state index in [1.807, 2.05) is 0 Å². The summed E-state index contributed by atoms with van der Waals surface area (Å²) in [4.78, 5) is 0. The Balaban J connectivity index is 0.000001000. The highest BCUT2D eigenvalue weighted by molar-refractivity contribution is 4.66. The van der Waals surface area contributed by atoms with E-state index in [1.54, 1.807) is 0 Å². The Morgan fingerprint density at radius 1 is 1.55 bits per heavy atom. The van der Waals surface area contributed by atoms with E-state index < -0.39 is 0 Å². The van der Waals surface area contributed by atoms with Crippen LogP contribution in [0.2, 0.25) is 0 Å². The molecule has 1 aliphatic rings. The van der Waals surface area contributed by atoms with Gasteiger partial charge in [0.2, 0.25) is 0 Å². The summed E-state index contributed by atoms with van der Waals surface area (Å²) < 4.78 is 5.52. The Hall–Kier alpha value is -0.120. The predicted octanol–water partition coefficient (Wildman–Crippen LogP) is 1.33. The fourth-order valence-electron chi connectivity index (χ4n) is 1.24. The van der Waals surface area contributed by atoms with Crippen LogP contribution in [0.3, 0.4) is 0 Å². The van der Waals surface area contributed by atoms with Crippen molar-refractivity contribution >= 4 is 0 Å². The lowest BCUT2D eigenvalue weighted by molar-refractivity contribution is 0.0223. The maximum Gasteiger partial charge on any atom is 0.0700 e. The highest BCUT2D eigenvalue weighted by Crippen LogP contribution is 2.05. The van der Waals surface area contributed by atoms with Crippen LogP contribution in [0.1, 0.15) is 26.2 Å². The zero-order chi connectivity index (χ0) is 7.23. The summed E-state index contributed by atoms with van der Waals surface area (Å²) in [6, 6.07) is 0. The highest BCUT2D eigenvalue weighted by Gasteiger charge is 2.11. The number of nitrogens with one attached hydrogen (secondary N) is 1. The van der Waals surface area contributed by atoms with E-state index in [0.29, 0.717) is 6.10 Å². The molecule has 1 saturated heterocycles. The summed E-state index contributed by atoms with van der Waals surface area (Å²) >= 11 is 0. The molecule has 1 aliphatic heterocycles. The third kappa shape index (κ3) is 4.35. The predicted molar refractivity (Wildman–Crippen MR) is 47.2 cm³/mol. The van der Waals surface area contributed by atoms with E-state index in [2.05, 4.69) is 12.2 Å². The van der Waals surface area contributed by atoms with Crippen molar-refractivity contribution < 1.29 is 4.74 Å². The molecule has 0 aromatic heterocycles. The minimum atomic E-state index is 0. The van der Waals surface area contributed by atoms with Crippen LogP contribution in [-0.4, -0.2) is 25.8 Å². The van der Waals surface area contributed by atoms with Gasteiger partial charge < -0.3 is 16.2 Å². The number of morpholine rings is 1. The molecule has 0 aromatic rings. The summed E-state index contributed by atoms with van der Waals surface area (Å²) in [7, 11) is 0. The van der Waals surface area contributed by atoms with Crippen molar-refractivity contribution in [1.82, 2.24) is 11.5 Å². The molecule has 68 valence electrons. The maximum absolute atomic E-state index is 5.52. The van der Waals surface area contributed by atoms with Crippen LogP contribution in [0, 0.1) is 0 Å². The molecule has 3 nitrogen and oxygen atoms in total. The zero-order valence-corrected chi connectivity index (χ0v) is 7.44. The van der Waals surface area contributed by atoms with Gasteiger partial charge in [0.25, 0.3) is 0 Å². The second-order valence-electron chi connectivity index (χ2n) is 2.84. The van der Waals surface area contributed by atoms with Crippen LogP contribution < -0.4 is 11.5 Å². The molecule has 0 aliphatic carbocycles. The minimum absolute atomic E-state index is 0. The lowest BCUT2D eigenvalue weighted by Gasteiger charge is -2.23. The molecule has 1 unspecified atom stereocenters. The first-order valence-corrected chi connectivity index (χ1v) is 4.26. The molecular weight excluding hydrogens is 140 g/mol. The molecule has 1 heterocycles. The zero-order valence-electron chi connectivity index (χ0n) is 7.44. The number of ether oxygens (including phenoxy) is 1. The average molecular weight is 160 g/mol. The van der Waals surface area contributed by atoms with Crippen molar-refractivity contribution in [2.75, 3.05) is 19.7 Å². The first-order valence-electron chi connectivity index (χ1n) is 4.26. The van der Waals surface area contributed by atoms with E-state index in [0.717, 1.165) is 19.7 Å². The minimum Gasteiger partial charge on any atom is -0.376 e. The van der Waals surface area contributed by atoms with Crippen LogP contribution >= 0.6 is 0 Å². The van der Waals surface area contributed by atoms with Gasteiger partial charge in [-0.15, -0.1) is 0 Å². The fraction of sp³-hybridized carbons (Fsp3) is 1.00. The van der Waals surface area contributed by atoms with Gasteiger partial charge in [-0.25, -0.2) is 0 Å². The van der Waals surface area contributed by atoms with E-state index in [4.69, 9.17) is 4.74 Å². The standard InChI is InChI=1S/C8H17NO.H3N/c1-2-3-4-8-7-9-5-6-10-8;/h8-9H,2-7H2,1H3;1H3. The molecule has 0 aromatic carbocycles. The van der Waals surface area contributed by atoms with Gasteiger partial charge in [0.05, 0.1) is 12.7 Å². The van der Waals surface area contributed by atoms with Crippen molar-refractivity contribution in [2.24, 2.45) is 0 Å². The quantitative estimate of drug-likeness (QED) is 0.654. The van der Waals surface area contributed by atoms with Gasteiger partial charge in [-0.2, -0.15) is 0 Å². The third-order valence-corrected chi connectivity index (χ3v) is 1.88. The maximum atomic E-state index is 5.52. The Morgan fingerprint density at radius 3 is 2.91 bits per heavy atom. The van der Waals surface area contributed by atoms with E-state index in [1.165, 1.54) is 19.3 Å². The van der Waals surface area contributed by atoms with Gasteiger partial charge in [-0.1, -0.05) is 19.8 Å². The van der Waals surface area contributed by atoms with Crippen molar-refractivity contribution in [2.45, 2.75) is 32.3 Å². The Labute approximate surface area is 69.1 Å². The molecule has 0 spiro atoms. The Morgan fingerprint density at radius 2 is 2.36 bits per heavy atom. The SMILES string of the molecule is CCCCC1CNCCO1.N. The van der Waals surface area contributed by atoms with Gasteiger partial charge in [-0.3, -0.25) is 0 Å². The van der Waals surface area contributed by atoms with E-state index in [-0.39, 0.29) is 6.15 Å². The van der Waals surface area contributed by atoms with Crippen molar-refractivity contribution in [3.05, 3.63) is 0 Å². The summed E-state index contributed by atoms with van der Waals surface area (Å²) in [5.74, 6) is 0. The normalized spacial score (nSPS) is 24.3. The van der Waals surface area contributed by atoms with E-state index in [9.17, 15) is 0 Å². The first kappa shape index (κ1) is 10.9. The van der Waals surface area contributed by atoms with Gasteiger partial charge >= 0.3 is 0 Å². The summed E-state index contributed by atoms with van der Waals surface area (Å²) in [5, 5.41) is 3.32. The molecule has 0 bridgehead atoms. The van der Waals surface area contributed by atoms with Crippen molar-refractivity contribution in [3.63, 3.8) is 0 Å². The molecule has 4 N–H and O–H groups in total. The van der Waals surface area contributed by atoms with Gasteiger partial charge in [0.15, 0.2) is 0 Å². The molecule has 0 radical (unpaired) electrons. The second-order valence-corrected chi connectivity index (χ2v) is 2.84. The summed E-state index contributed by atoms with van der Waals surface area (Å²) in [5.41, 5.74) is 0. The Kier molecular flexibility index (Phi) is 6.51. The summed E-state index contributed by atoms with van der Waals surface area (Å²) in [6.45, 7) is 5.20. The molecule has 1 fully saturated rings. The van der Waals surface area contributed by atoms with Crippen LogP contribution in [0.4, 0.5) is 0 Å². The van der Waals surface area contributed by atoms with Crippen molar-refractivity contribution in [3.8, 4) is 0 Å². The lowest BCUT2D eigenvalue weighted by Crippen LogP contribution is -2.38. The highest BCUT2D eigenvalue weighted by atomic mass is 16.5.